The average Bonchev–Trinajstić information content (AvgIpc) is 2.29. The van der Waals surface area contributed by atoms with Crippen LogP contribution in [0, 0.1) is 5.82 Å². The molecule has 0 spiro atoms. The van der Waals surface area contributed by atoms with Gasteiger partial charge in [-0.3, -0.25) is 4.79 Å². The van der Waals surface area contributed by atoms with Gasteiger partial charge in [0, 0.05) is 11.1 Å². The summed E-state index contributed by atoms with van der Waals surface area (Å²) in [5, 5.41) is 2.90. The monoisotopic (exact) mass is 238 g/mol. The molecule has 0 saturated carbocycles. The Kier molecular flexibility index (Phi) is 4.63. The molecule has 94 valence electrons. The fourth-order valence-electron chi connectivity index (χ4n) is 1.62. The minimum atomic E-state index is -0.408. The lowest BCUT2D eigenvalue weighted by atomic mass is 9.94. The van der Waals surface area contributed by atoms with Gasteiger partial charge < -0.3 is 11.1 Å². The van der Waals surface area contributed by atoms with Gasteiger partial charge >= 0.3 is 0 Å². The molecule has 4 heteroatoms. The summed E-state index contributed by atoms with van der Waals surface area (Å²) in [6, 6.07) is 5.66. The molecule has 3 nitrogen and oxygen atoms in total. The van der Waals surface area contributed by atoms with E-state index in [9.17, 15) is 9.18 Å². The molecule has 17 heavy (non-hydrogen) atoms. The quantitative estimate of drug-likeness (QED) is 0.825. The van der Waals surface area contributed by atoms with E-state index in [-0.39, 0.29) is 11.4 Å². The lowest BCUT2D eigenvalue weighted by Gasteiger charge is -2.29. The van der Waals surface area contributed by atoms with Crippen molar-refractivity contribution in [2.75, 3.05) is 6.54 Å². The Bertz CT molecular complexity index is 395. The molecule has 0 aromatic heterocycles. The van der Waals surface area contributed by atoms with Gasteiger partial charge in [0.2, 0.25) is 0 Å². The van der Waals surface area contributed by atoms with Gasteiger partial charge in [0.05, 0.1) is 0 Å². The zero-order chi connectivity index (χ0) is 12.9. The van der Waals surface area contributed by atoms with Gasteiger partial charge in [-0.1, -0.05) is 13.0 Å². The third kappa shape index (κ3) is 3.82. The predicted molar refractivity (Wildman–Crippen MR) is 66.2 cm³/mol. The molecule has 1 aromatic carbocycles. The SMILES string of the molecule is CCC(C)(CCN)NC(=O)c1cccc(F)c1. The fourth-order valence-corrected chi connectivity index (χ4v) is 1.62. The number of rotatable bonds is 5. The van der Waals surface area contributed by atoms with Crippen molar-refractivity contribution in [1.82, 2.24) is 5.32 Å². The molecule has 0 heterocycles. The van der Waals surface area contributed by atoms with E-state index in [1.807, 2.05) is 13.8 Å². The van der Waals surface area contributed by atoms with Gasteiger partial charge in [0.25, 0.3) is 5.91 Å². The first-order chi connectivity index (χ1) is 8.00. The minimum Gasteiger partial charge on any atom is -0.347 e. The highest BCUT2D eigenvalue weighted by Gasteiger charge is 2.23. The van der Waals surface area contributed by atoms with E-state index in [0.29, 0.717) is 18.5 Å². The van der Waals surface area contributed by atoms with Crippen molar-refractivity contribution in [3.8, 4) is 0 Å². The lowest BCUT2D eigenvalue weighted by Crippen LogP contribution is -2.46. The van der Waals surface area contributed by atoms with Gasteiger partial charge in [0.1, 0.15) is 5.82 Å². The number of amides is 1. The number of carbonyl (C=O) groups is 1. The standard InChI is InChI=1S/C13H19FN2O/c1-3-13(2,7-8-15)16-12(17)10-5-4-6-11(14)9-10/h4-6,9H,3,7-8,15H2,1-2H3,(H,16,17). The van der Waals surface area contributed by atoms with Crippen LogP contribution in [0.5, 0.6) is 0 Å². The third-order valence-electron chi connectivity index (χ3n) is 2.98. The number of halogens is 1. The molecule has 0 radical (unpaired) electrons. The van der Waals surface area contributed by atoms with Crippen molar-refractivity contribution in [2.45, 2.75) is 32.2 Å². The van der Waals surface area contributed by atoms with Crippen LogP contribution in [-0.4, -0.2) is 18.0 Å². The van der Waals surface area contributed by atoms with Crippen molar-refractivity contribution in [2.24, 2.45) is 5.73 Å². The first-order valence-corrected chi connectivity index (χ1v) is 5.79. The summed E-state index contributed by atoms with van der Waals surface area (Å²) < 4.78 is 13.0. The molecule has 0 aliphatic heterocycles. The molecule has 1 amide bonds. The summed E-state index contributed by atoms with van der Waals surface area (Å²) in [5.41, 5.74) is 5.52. The topological polar surface area (TPSA) is 55.1 Å². The highest BCUT2D eigenvalue weighted by Crippen LogP contribution is 2.15. The van der Waals surface area contributed by atoms with Crippen molar-refractivity contribution in [1.29, 1.82) is 0 Å². The zero-order valence-corrected chi connectivity index (χ0v) is 10.3. The van der Waals surface area contributed by atoms with E-state index in [4.69, 9.17) is 5.73 Å². The van der Waals surface area contributed by atoms with Crippen LogP contribution in [0.3, 0.4) is 0 Å². The van der Waals surface area contributed by atoms with Crippen molar-refractivity contribution < 1.29 is 9.18 Å². The Morgan fingerprint density at radius 3 is 2.76 bits per heavy atom. The van der Waals surface area contributed by atoms with Crippen LogP contribution in [0.25, 0.3) is 0 Å². The molecule has 0 aliphatic carbocycles. The Hall–Kier alpha value is -1.42. The number of nitrogens with two attached hydrogens (primary N) is 1. The molecular formula is C13H19FN2O. The van der Waals surface area contributed by atoms with Crippen LogP contribution in [0.15, 0.2) is 24.3 Å². The van der Waals surface area contributed by atoms with Gasteiger partial charge in [-0.25, -0.2) is 4.39 Å². The lowest BCUT2D eigenvalue weighted by molar-refractivity contribution is 0.0899. The zero-order valence-electron chi connectivity index (χ0n) is 10.3. The van der Waals surface area contributed by atoms with Crippen LogP contribution in [-0.2, 0) is 0 Å². The second-order valence-corrected chi connectivity index (χ2v) is 4.42. The molecular weight excluding hydrogens is 219 g/mol. The summed E-state index contributed by atoms with van der Waals surface area (Å²) in [4.78, 5) is 11.9. The maximum atomic E-state index is 13.0. The molecule has 0 saturated heterocycles. The predicted octanol–water partition coefficient (Wildman–Crippen LogP) is 2.07. The molecule has 1 unspecified atom stereocenters. The van der Waals surface area contributed by atoms with E-state index < -0.39 is 5.82 Å². The van der Waals surface area contributed by atoms with Crippen LogP contribution in [0.2, 0.25) is 0 Å². The number of hydrogen-bond acceptors (Lipinski definition) is 2. The number of benzene rings is 1. The second-order valence-electron chi connectivity index (χ2n) is 4.42. The maximum absolute atomic E-state index is 13.0. The molecule has 1 aromatic rings. The van der Waals surface area contributed by atoms with Gasteiger partial charge in [-0.15, -0.1) is 0 Å². The number of nitrogens with one attached hydrogen (secondary N) is 1. The highest BCUT2D eigenvalue weighted by atomic mass is 19.1. The highest BCUT2D eigenvalue weighted by molar-refractivity contribution is 5.94. The molecule has 3 N–H and O–H groups in total. The van der Waals surface area contributed by atoms with Crippen molar-refractivity contribution in [3.63, 3.8) is 0 Å². The van der Waals surface area contributed by atoms with Crippen molar-refractivity contribution >= 4 is 5.91 Å². The molecule has 1 atom stereocenters. The molecule has 0 bridgehead atoms. The smallest absolute Gasteiger partial charge is 0.251 e. The molecule has 0 fully saturated rings. The molecule has 1 rings (SSSR count). The van der Waals surface area contributed by atoms with Crippen LogP contribution >= 0.6 is 0 Å². The largest absolute Gasteiger partial charge is 0.347 e. The second kappa shape index (κ2) is 5.77. The van der Waals surface area contributed by atoms with Gasteiger partial charge in [0.15, 0.2) is 0 Å². The summed E-state index contributed by atoms with van der Waals surface area (Å²) in [5.74, 6) is -0.669. The van der Waals surface area contributed by atoms with Crippen molar-refractivity contribution in [3.05, 3.63) is 35.6 Å². The Balaban J connectivity index is 2.77. The summed E-state index contributed by atoms with van der Waals surface area (Å²) in [6.45, 7) is 4.44. The molecule has 0 aliphatic rings. The summed E-state index contributed by atoms with van der Waals surface area (Å²) in [6.07, 6.45) is 1.48. The van der Waals surface area contributed by atoms with Gasteiger partial charge in [-0.05, 0) is 44.5 Å². The van der Waals surface area contributed by atoms with Crippen LogP contribution in [0.4, 0.5) is 4.39 Å². The van der Waals surface area contributed by atoms with E-state index in [2.05, 4.69) is 5.32 Å². The number of hydrogen-bond donors (Lipinski definition) is 2. The van der Waals surface area contributed by atoms with E-state index in [1.54, 1.807) is 6.07 Å². The fraction of sp³-hybridized carbons (Fsp3) is 0.462. The maximum Gasteiger partial charge on any atom is 0.251 e. The Morgan fingerprint density at radius 1 is 1.53 bits per heavy atom. The van der Waals surface area contributed by atoms with E-state index >= 15 is 0 Å². The van der Waals surface area contributed by atoms with E-state index in [1.165, 1.54) is 18.2 Å². The third-order valence-corrected chi connectivity index (χ3v) is 2.98. The first kappa shape index (κ1) is 13.6. The first-order valence-electron chi connectivity index (χ1n) is 5.79. The minimum absolute atomic E-state index is 0.262. The summed E-state index contributed by atoms with van der Waals surface area (Å²) >= 11 is 0. The van der Waals surface area contributed by atoms with Gasteiger partial charge in [-0.2, -0.15) is 0 Å². The Labute approximate surface area is 101 Å². The Morgan fingerprint density at radius 2 is 2.24 bits per heavy atom. The number of carbonyl (C=O) groups excluding carboxylic acids is 1. The van der Waals surface area contributed by atoms with E-state index in [0.717, 1.165) is 6.42 Å². The normalized spacial score (nSPS) is 14.1. The van der Waals surface area contributed by atoms with Crippen LogP contribution in [0.1, 0.15) is 37.0 Å². The van der Waals surface area contributed by atoms with Crippen LogP contribution < -0.4 is 11.1 Å². The summed E-state index contributed by atoms with van der Waals surface area (Å²) in [7, 11) is 0. The average molecular weight is 238 g/mol.